The highest BCUT2D eigenvalue weighted by Gasteiger charge is 2.28. The number of hydrogen-bond acceptors (Lipinski definition) is 0. The third-order valence-corrected chi connectivity index (χ3v) is 3.12. The summed E-state index contributed by atoms with van der Waals surface area (Å²) in [5.74, 6) is 2.04. The van der Waals surface area contributed by atoms with Crippen LogP contribution in [0, 0.1) is 11.8 Å². The van der Waals surface area contributed by atoms with Crippen molar-refractivity contribution in [1.82, 2.24) is 0 Å². The minimum atomic E-state index is 0.991. The molecular weight excluding hydrogens is 116 g/mol. The van der Waals surface area contributed by atoms with Crippen molar-refractivity contribution in [2.45, 2.75) is 19.3 Å². The van der Waals surface area contributed by atoms with E-state index >= 15 is 0 Å². The highest BCUT2D eigenvalue weighted by Crippen LogP contribution is 2.36. The van der Waals surface area contributed by atoms with Crippen molar-refractivity contribution < 1.29 is 0 Å². The third kappa shape index (κ3) is 0.576. The Hall–Kier alpha value is -0.0400. The zero-order valence-electron chi connectivity index (χ0n) is 4.84. The first-order valence-corrected chi connectivity index (χ1v) is 4.21. The summed E-state index contributed by atoms with van der Waals surface area (Å²) in [5.41, 5.74) is 0. The van der Waals surface area contributed by atoms with E-state index in [0.717, 1.165) is 11.8 Å². The predicted octanol–water partition coefficient (Wildman–Crippen LogP) is 1.75. The summed E-state index contributed by atoms with van der Waals surface area (Å²) in [7, 11) is 1.91. The first-order chi connectivity index (χ1) is 3.97. The average Bonchev–Trinajstić information content (AvgIpc) is 1.72. The van der Waals surface area contributed by atoms with Crippen LogP contribution >= 0.6 is 10.9 Å². The Bertz CT molecular complexity index is 154. The van der Waals surface area contributed by atoms with Crippen molar-refractivity contribution in [3.05, 3.63) is 0 Å². The van der Waals surface area contributed by atoms with Crippen molar-refractivity contribution in [1.29, 1.82) is 0 Å². The van der Waals surface area contributed by atoms with Gasteiger partial charge < -0.3 is 0 Å². The molecule has 0 aromatic heterocycles. The summed E-state index contributed by atoms with van der Waals surface area (Å²) in [6.45, 7) is 0. The van der Waals surface area contributed by atoms with Crippen molar-refractivity contribution in [2.75, 3.05) is 0 Å². The molecular formula is C7H10S. The first-order valence-electron chi connectivity index (χ1n) is 3.27. The molecule has 0 spiro atoms. The minimum absolute atomic E-state index is 0.991. The molecule has 1 heterocycles. The fourth-order valence-corrected chi connectivity index (χ4v) is 2.43. The molecule has 0 aromatic rings. The molecule has 2 unspecified atom stereocenters. The second-order valence-electron chi connectivity index (χ2n) is 2.68. The van der Waals surface area contributed by atoms with Crippen LogP contribution in [-0.2, 0) is 0 Å². The van der Waals surface area contributed by atoms with Crippen molar-refractivity contribution in [3.63, 3.8) is 0 Å². The van der Waals surface area contributed by atoms with E-state index in [2.05, 4.69) is 10.7 Å². The smallest absolute Gasteiger partial charge is 0.0105 e. The summed E-state index contributed by atoms with van der Waals surface area (Å²) >= 11 is 0. The van der Waals surface area contributed by atoms with Gasteiger partial charge in [0.1, 0.15) is 0 Å². The quantitative estimate of drug-likeness (QED) is 0.434. The zero-order valence-corrected chi connectivity index (χ0v) is 5.66. The lowest BCUT2D eigenvalue weighted by atomic mass is 9.73. The van der Waals surface area contributed by atoms with Gasteiger partial charge in [0.2, 0.25) is 0 Å². The summed E-state index contributed by atoms with van der Waals surface area (Å²) in [6, 6.07) is 0. The van der Waals surface area contributed by atoms with Crippen LogP contribution in [0.1, 0.15) is 19.3 Å². The molecule has 1 aliphatic carbocycles. The summed E-state index contributed by atoms with van der Waals surface area (Å²) in [4.78, 5) is 0. The molecule has 44 valence electrons. The maximum Gasteiger partial charge on any atom is -0.0105 e. The Morgan fingerprint density at radius 3 is 2.75 bits per heavy atom. The van der Waals surface area contributed by atoms with Crippen molar-refractivity contribution in [2.24, 2.45) is 11.8 Å². The summed E-state index contributed by atoms with van der Waals surface area (Å²) < 4.78 is 0. The van der Waals surface area contributed by atoms with E-state index in [1.54, 1.807) is 0 Å². The van der Waals surface area contributed by atoms with E-state index in [-0.39, 0.29) is 0 Å². The summed E-state index contributed by atoms with van der Waals surface area (Å²) in [6.07, 6.45) is 4.32. The molecule has 2 rings (SSSR count). The lowest BCUT2D eigenvalue weighted by molar-refractivity contribution is 0.265. The molecule has 2 aliphatic rings. The molecule has 8 heavy (non-hydrogen) atoms. The van der Waals surface area contributed by atoms with Crippen molar-refractivity contribution >= 4 is 21.7 Å². The van der Waals surface area contributed by atoms with Gasteiger partial charge in [0.15, 0.2) is 0 Å². The van der Waals surface area contributed by atoms with Gasteiger partial charge in [0.05, 0.1) is 0 Å². The van der Waals surface area contributed by atoms with Crippen LogP contribution in [0.15, 0.2) is 0 Å². The van der Waals surface area contributed by atoms with E-state index < -0.39 is 0 Å². The molecule has 0 aromatic carbocycles. The number of hydrogen-bond donors (Lipinski definition) is 0. The normalized spacial score (nSPS) is 42.0. The van der Waals surface area contributed by atoms with Gasteiger partial charge in [0.25, 0.3) is 0 Å². The Morgan fingerprint density at radius 1 is 1.38 bits per heavy atom. The SMILES string of the molecule is C1=S=CC2CCC2C1. The van der Waals surface area contributed by atoms with E-state index in [4.69, 9.17) is 0 Å². The molecule has 2 atom stereocenters. The highest BCUT2D eigenvalue weighted by atomic mass is 32.1. The van der Waals surface area contributed by atoms with E-state index in [0.29, 0.717) is 0 Å². The molecule has 1 fully saturated rings. The molecule has 0 radical (unpaired) electrons. The van der Waals surface area contributed by atoms with E-state index in [1.807, 2.05) is 10.9 Å². The van der Waals surface area contributed by atoms with Crippen LogP contribution in [0.5, 0.6) is 0 Å². The number of rotatable bonds is 0. The highest BCUT2D eigenvalue weighted by molar-refractivity contribution is 7.96. The fraction of sp³-hybridized carbons (Fsp3) is 0.714. The monoisotopic (exact) mass is 126 g/mol. The molecule has 0 bridgehead atoms. The maximum absolute atomic E-state index is 2.40. The second kappa shape index (κ2) is 1.73. The van der Waals surface area contributed by atoms with E-state index in [9.17, 15) is 0 Å². The molecule has 0 N–H and O–H groups in total. The molecule has 1 saturated carbocycles. The van der Waals surface area contributed by atoms with Gasteiger partial charge in [0, 0.05) is 0 Å². The second-order valence-corrected chi connectivity index (χ2v) is 3.55. The maximum atomic E-state index is 2.40. The largest absolute Gasteiger partial charge is 0.161 e. The fourth-order valence-electron chi connectivity index (χ4n) is 1.40. The van der Waals surface area contributed by atoms with E-state index in [1.165, 1.54) is 19.3 Å². The third-order valence-electron chi connectivity index (χ3n) is 2.22. The average molecular weight is 126 g/mol. The van der Waals surface area contributed by atoms with Gasteiger partial charge in [-0.15, -0.1) is 0 Å². The predicted molar refractivity (Wildman–Crippen MR) is 40.6 cm³/mol. The molecule has 0 amide bonds. The van der Waals surface area contributed by atoms with Gasteiger partial charge in [-0.2, -0.15) is 10.9 Å². The molecule has 0 nitrogen and oxygen atoms in total. The zero-order chi connectivity index (χ0) is 5.40. The Kier molecular flexibility index (Phi) is 1.04. The Balaban J connectivity index is 2.19. The van der Waals surface area contributed by atoms with Crippen molar-refractivity contribution in [3.8, 4) is 0 Å². The van der Waals surface area contributed by atoms with Gasteiger partial charge in [-0.3, -0.25) is 0 Å². The van der Waals surface area contributed by atoms with Crippen LogP contribution in [0.4, 0.5) is 0 Å². The van der Waals surface area contributed by atoms with Gasteiger partial charge >= 0.3 is 0 Å². The Morgan fingerprint density at radius 2 is 2.38 bits per heavy atom. The first kappa shape index (κ1) is 4.80. The summed E-state index contributed by atoms with van der Waals surface area (Å²) in [5, 5.41) is 4.73. The van der Waals surface area contributed by atoms with Crippen LogP contribution in [0.2, 0.25) is 0 Å². The van der Waals surface area contributed by atoms with Gasteiger partial charge in [-0.05, 0) is 41.8 Å². The van der Waals surface area contributed by atoms with Crippen LogP contribution in [0.3, 0.4) is 0 Å². The lowest BCUT2D eigenvalue weighted by Crippen LogP contribution is -2.27. The topological polar surface area (TPSA) is 0 Å². The molecule has 1 heteroatoms. The molecule has 0 saturated heterocycles. The van der Waals surface area contributed by atoms with Crippen LogP contribution in [-0.4, -0.2) is 10.7 Å². The van der Waals surface area contributed by atoms with Crippen LogP contribution in [0.25, 0.3) is 0 Å². The standard InChI is InChI=1S/C7H10S/c1-2-7-5-8-4-3-6(1)7/h4-7H,1-3H2. The van der Waals surface area contributed by atoms with Gasteiger partial charge in [-0.25, -0.2) is 0 Å². The van der Waals surface area contributed by atoms with Gasteiger partial charge in [-0.1, -0.05) is 0 Å². The lowest BCUT2D eigenvalue weighted by Gasteiger charge is -2.34. The Labute approximate surface area is 53.4 Å². The minimum Gasteiger partial charge on any atom is -0.161 e. The number of fused-ring (bicyclic) bond motifs is 1. The van der Waals surface area contributed by atoms with Crippen LogP contribution < -0.4 is 0 Å². The molecule has 1 aliphatic heterocycles.